The Labute approximate surface area is 125 Å². The van der Waals surface area contributed by atoms with Gasteiger partial charge in [0.05, 0.1) is 18.6 Å². The second-order valence-electron chi connectivity index (χ2n) is 4.60. The molecule has 6 heteroatoms. The molecule has 0 radical (unpaired) electrons. The summed E-state index contributed by atoms with van der Waals surface area (Å²) in [6.45, 7) is 0.0399. The van der Waals surface area contributed by atoms with Crippen LogP contribution < -0.4 is 4.74 Å². The highest BCUT2D eigenvalue weighted by Gasteiger charge is 2.30. The third-order valence-electron chi connectivity index (χ3n) is 2.96. The molecule has 0 bridgehead atoms. The fraction of sp³-hybridized carbons (Fsp3) is 0.188. The van der Waals surface area contributed by atoms with Gasteiger partial charge in [-0.3, -0.25) is 4.79 Å². The number of halogens is 3. The van der Waals surface area contributed by atoms with E-state index in [2.05, 4.69) is 0 Å². The van der Waals surface area contributed by atoms with E-state index in [0.29, 0.717) is 16.9 Å². The van der Waals surface area contributed by atoms with Crippen LogP contribution in [0.4, 0.5) is 13.2 Å². The van der Waals surface area contributed by atoms with Crippen molar-refractivity contribution in [3.63, 3.8) is 0 Å². The van der Waals surface area contributed by atoms with Crippen LogP contribution in [0.1, 0.15) is 12.0 Å². The van der Waals surface area contributed by atoms with Gasteiger partial charge >= 0.3 is 12.1 Å². The second kappa shape index (κ2) is 6.51. The van der Waals surface area contributed by atoms with Crippen LogP contribution >= 0.6 is 0 Å². The molecule has 0 spiro atoms. The molecule has 0 aliphatic carbocycles. The molecule has 0 aromatic heterocycles. The molecule has 116 valence electrons. The molecule has 0 saturated heterocycles. The zero-order valence-electron chi connectivity index (χ0n) is 11.4. The van der Waals surface area contributed by atoms with Crippen LogP contribution in [-0.2, 0) is 11.0 Å². The Hall–Kier alpha value is -2.50. The fourth-order valence-corrected chi connectivity index (χ4v) is 1.87. The molecule has 2 rings (SSSR count). The van der Waals surface area contributed by atoms with Gasteiger partial charge in [0.2, 0.25) is 0 Å². The van der Waals surface area contributed by atoms with Gasteiger partial charge in [0.15, 0.2) is 0 Å². The molecule has 3 nitrogen and oxygen atoms in total. The average molecular weight is 310 g/mol. The number of alkyl halides is 3. The number of benzene rings is 2. The molecule has 22 heavy (non-hydrogen) atoms. The number of carbonyl (C=O) groups is 1. The summed E-state index contributed by atoms with van der Waals surface area (Å²) in [7, 11) is 0. The van der Waals surface area contributed by atoms with Gasteiger partial charge in [-0.2, -0.15) is 13.2 Å². The van der Waals surface area contributed by atoms with Crippen LogP contribution in [0.2, 0.25) is 0 Å². The van der Waals surface area contributed by atoms with Crippen molar-refractivity contribution in [2.45, 2.75) is 12.6 Å². The first-order valence-corrected chi connectivity index (χ1v) is 6.48. The number of carboxylic acids is 1. The molecular formula is C16H13F3O3. The minimum Gasteiger partial charge on any atom is -0.493 e. The zero-order chi connectivity index (χ0) is 16.2. The Morgan fingerprint density at radius 1 is 1.05 bits per heavy atom. The van der Waals surface area contributed by atoms with E-state index in [1.807, 2.05) is 0 Å². The maximum absolute atomic E-state index is 12.7. The maximum atomic E-state index is 12.7. The summed E-state index contributed by atoms with van der Waals surface area (Å²) in [6.07, 6.45) is -4.49. The van der Waals surface area contributed by atoms with Crippen molar-refractivity contribution in [2.24, 2.45) is 0 Å². The highest BCUT2D eigenvalue weighted by atomic mass is 19.4. The summed E-state index contributed by atoms with van der Waals surface area (Å²) >= 11 is 0. The van der Waals surface area contributed by atoms with Crippen molar-refractivity contribution in [1.29, 1.82) is 0 Å². The first-order valence-electron chi connectivity index (χ1n) is 6.48. The highest BCUT2D eigenvalue weighted by Crippen LogP contribution is 2.32. The third kappa shape index (κ3) is 4.25. The Kier molecular flexibility index (Phi) is 4.70. The van der Waals surface area contributed by atoms with E-state index in [1.54, 1.807) is 30.3 Å². The lowest BCUT2D eigenvalue weighted by Gasteiger charge is -2.10. The Bertz CT molecular complexity index is 648. The molecule has 2 aromatic rings. The minimum absolute atomic E-state index is 0.0399. The van der Waals surface area contributed by atoms with Crippen LogP contribution in [0, 0.1) is 0 Å². The predicted octanol–water partition coefficient (Wildman–Crippen LogP) is 4.23. The van der Waals surface area contributed by atoms with E-state index in [1.165, 1.54) is 6.07 Å². The number of rotatable bonds is 5. The number of ether oxygens (including phenoxy) is 1. The minimum atomic E-state index is -4.38. The molecule has 0 aliphatic rings. The first-order chi connectivity index (χ1) is 10.4. The number of hydrogen-bond donors (Lipinski definition) is 1. The third-order valence-corrected chi connectivity index (χ3v) is 2.96. The van der Waals surface area contributed by atoms with Crippen LogP contribution in [0.15, 0.2) is 48.5 Å². The average Bonchev–Trinajstić information content (AvgIpc) is 2.47. The van der Waals surface area contributed by atoms with Crippen LogP contribution in [0.5, 0.6) is 5.75 Å². The highest BCUT2D eigenvalue weighted by molar-refractivity contribution is 5.67. The number of carboxylic acid groups (broad SMARTS) is 1. The maximum Gasteiger partial charge on any atom is 0.416 e. The van der Waals surface area contributed by atoms with Crippen molar-refractivity contribution in [1.82, 2.24) is 0 Å². The second-order valence-corrected chi connectivity index (χ2v) is 4.60. The molecule has 0 unspecified atom stereocenters. The molecule has 0 saturated carbocycles. The van der Waals surface area contributed by atoms with Gasteiger partial charge in [0.1, 0.15) is 5.75 Å². The molecule has 0 amide bonds. The van der Waals surface area contributed by atoms with E-state index in [9.17, 15) is 18.0 Å². The Morgan fingerprint density at radius 3 is 2.32 bits per heavy atom. The standard InChI is InChI=1S/C16H13F3O3/c17-16(18,19)13-3-1-2-12(10-13)11-4-6-14(7-5-11)22-9-8-15(20)21/h1-7,10H,8-9H2,(H,20,21). The van der Waals surface area contributed by atoms with Crippen molar-refractivity contribution in [3.05, 3.63) is 54.1 Å². The normalized spacial score (nSPS) is 11.2. The lowest BCUT2D eigenvalue weighted by molar-refractivity contribution is -0.138. The summed E-state index contributed by atoms with van der Waals surface area (Å²) in [5, 5.41) is 8.50. The monoisotopic (exact) mass is 310 g/mol. The predicted molar refractivity (Wildman–Crippen MR) is 74.6 cm³/mol. The van der Waals surface area contributed by atoms with E-state index >= 15 is 0 Å². The van der Waals surface area contributed by atoms with Gasteiger partial charge < -0.3 is 9.84 Å². The SMILES string of the molecule is O=C(O)CCOc1ccc(-c2cccc(C(F)(F)F)c2)cc1. The van der Waals surface area contributed by atoms with Crippen molar-refractivity contribution in [3.8, 4) is 16.9 Å². The Morgan fingerprint density at radius 2 is 1.73 bits per heavy atom. The van der Waals surface area contributed by atoms with E-state index < -0.39 is 17.7 Å². The van der Waals surface area contributed by atoms with Crippen molar-refractivity contribution in [2.75, 3.05) is 6.61 Å². The van der Waals surface area contributed by atoms with Gasteiger partial charge in [0, 0.05) is 0 Å². The van der Waals surface area contributed by atoms with Gasteiger partial charge in [-0.1, -0.05) is 24.3 Å². The smallest absolute Gasteiger partial charge is 0.416 e. The quantitative estimate of drug-likeness (QED) is 0.899. The lowest BCUT2D eigenvalue weighted by Crippen LogP contribution is -2.05. The van der Waals surface area contributed by atoms with Crippen LogP contribution in [-0.4, -0.2) is 17.7 Å². The number of aliphatic carboxylic acids is 1. The molecule has 0 aliphatic heterocycles. The van der Waals surface area contributed by atoms with E-state index in [-0.39, 0.29) is 13.0 Å². The molecule has 1 N–H and O–H groups in total. The van der Waals surface area contributed by atoms with Crippen LogP contribution in [0.25, 0.3) is 11.1 Å². The van der Waals surface area contributed by atoms with E-state index in [4.69, 9.17) is 9.84 Å². The van der Waals surface area contributed by atoms with Gasteiger partial charge in [0.25, 0.3) is 0 Å². The molecule has 2 aromatic carbocycles. The largest absolute Gasteiger partial charge is 0.493 e. The number of hydrogen-bond acceptors (Lipinski definition) is 2. The lowest BCUT2D eigenvalue weighted by atomic mass is 10.0. The van der Waals surface area contributed by atoms with Crippen LogP contribution in [0.3, 0.4) is 0 Å². The van der Waals surface area contributed by atoms with Gasteiger partial charge in [-0.15, -0.1) is 0 Å². The summed E-state index contributed by atoms with van der Waals surface area (Å²) in [6, 6.07) is 11.5. The summed E-state index contributed by atoms with van der Waals surface area (Å²) in [4.78, 5) is 10.4. The zero-order valence-corrected chi connectivity index (χ0v) is 11.4. The van der Waals surface area contributed by atoms with Gasteiger partial charge in [-0.25, -0.2) is 0 Å². The fourth-order valence-electron chi connectivity index (χ4n) is 1.87. The van der Waals surface area contributed by atoms with Crippen molar-refractivity contribution >= 4 is 5.97 Å². The molecule has 0 atom stereocenters. The summed E-state index contributed by atoms with van der Waals surface area (Å²) < 4.78 is 43.3. The van der Waals surface area contributed by atoms with Crippen molar-refractivity contribution < 1.29 is 27.8 Å². The molecular weight excluding hydrogens is 297 g/mol. The Balaban J connectivity index is 2.12. The topological polar surface area (TPSA) is 46.5 Å². The first kappa shape index (κ1) is 15.9. The van der Waals surface area contributed by atoms with E-state index in [0.717, 1.165) is 12.1 Å². The molecule has 0 fully saturated rings. The summed E-state index contributed by atoms with van der Waals surface area (Å²) in [5.74, 6) is -0.488. The van der Waals surface area contributed by atoms with Gasteiger partial charge in [-0.05, 0) is 35.4 Å². The summed E-state index contributed by atoms with van der Waals surface area (Å²) in [5.41, 5.74) is 0.371. The molecule has 0 heterocycles.